The van der Waals surface area contributed by atoms with Crippen LogP contribution in [-0.2, 0) is 12.7 Å². The first-order valence-electron chi connectivity index (χ1n) is 6.38. The number of rotatable bonds is 4. The van der Waals surface area contributed by atoms with Gasteiger partial charge in [0.2, 0.25) is 5.95 Å². The third-order valence-corrected chi connectivity index (χ3v) is 3.22. The van der Waals surface area contributed by atoms with Crippen molar-refractivity contribution in [2.75, 3.05) is 24.3 Å². The van der Waals surface area contributed by atoms with E-state index in [1.807, 2.05) is 0 Å². The van der Waals surface area contributed by atoms with E-state index in [0.29, 0.717) is 5.02 Å². The van der Waals surface area contributed by atoms with Gasteiger partial charge in [0.15, 0.2) is 5.69 Å². The minimum atomic E-state index is -4.53. The molecule has 118 valence electrons. The Morgan fingerprint density at radius 2 is 1.86 bits per heavy atom. The molecule has 8 heteroatoms. The number of alkyl halides is 3. The minimum Gasteiger partial charge on any atom is -0.363 e. The molecule has 0 saturated heterocycles. The molecule has 0 saturated carbocycles. The number of nitrogens with zero attached hydrogens (tertiary/aromatic N) is 3. The summed E-state index contributed by atoms with van der Waals surface area (Å²) in [6, 6.07) is 7.95. The van der Waals surface area contributed by atoms with Crippen LogP contribution in [0.2, 0.25) is 5.02 Å². The van der Waals surface area contributed by atoms with Gasteiger partial charge in [0, 0.05) is 31.7 Å². The van der Waals surface area contributed by atoms with Gasteiger partial charge in [0.05, 0.1) is 0 Å². The van der Waals surface area contributed by atoms with E-state index in [-0.39, 0.29) is 18.3 Å². The summed E-state index contributed by atoms with van der Waals surface area (Å²) in [5.41, 5.74) is -0.246. The number of hydrogen-bond donors (Lipinski definition) is 1. The van der Waals surface area contributed by atoms with E-state index >= 15 is 0 Å². The van der Waals surface area contributed by atoms with E-state index in [0.717, 1.165) is 11.6 Å². The highest BCUT2D eigenvalue weighted by Gasteiger charge is 2.34. The molecule has 1 aromatic carbocycles. The van der Waals surface area contributed by atoms with E-state index in [4.69, 9.17) is 11.6 Å². The Labute approximate surface area is 130 Å². The van der Waals surface area contributed by atoms with Gasteiger partial charge in [-0.25, -0.2) is 4.98 Å². The Kier molecular flexibility index (Phi) is 4.75. The van der Waals surface area contributed by atoms with Crippen molar-refractivity contribution in [3.63, 3.8) is 0 Å². The predicted octanol–water partition coefficient (Wildman–Crippen LogP) is 3.83. The quantitative estimate of drug-likeness (QED) is 0.925. The predicted molar refractivity (Wildman–Crippen MR) is 80.1 cm³/mol. The van der Waals surface area contributed by atoms with Gasteiger partial charge >= 0.3 is 6.18 Å². The van der Waals surface area contributed by atoms with Gasteiger partial charge in [-0.3, -0.25) is 0 Å². The van der Waals surface area contributed by atoms with Crippen molar-refractivity contribution >= 4 is 23.4 Å². The molecule has 0 aliphatic rings. The monoisotopic (exact) mass is 330 g/mol. The van der Waals surface area contributed by atoms with Crippen LogP contribution in [0.1, 0.15) is 11.3 Å². The molecule has 4 nitrogen and oxygen atoms in total. The van der Waals surface area contributed by atoms with Gasteiger partial charge in [0.1, 0.15) is 5.82 Å². The van der Waals surface area contributed by atoms with Crippen LogP contribution in [0.4, 0.5) is 24.9 Å². The van der Waals surface area contributed by atoms with Gasteiger partial charge in [0.25, 0.3) is 0 Å². The molecule has 1 aromatic heterocycles. The van der Waals surface area contributed by atoms with Gasteiger partial charge in [-0.1, -0.05) is 29.8 Å². The van der Waals surface area contributed by atoms with E-state index in [1.54, 1.807) is 38.4 Å². The first kappa shape index (κ1) is 16.4. The number of halogens is 4. The Hall–Kier alpha value is -2.02. The molecule has 2 rings (SSSR count). The zero-order chi connectivity index (χ0) is 16.3. The van der Waals surface area contributed by atoms with Gasteiger partial charge in [-0.2, -0.15) is 18.2 Å². The average Bonchev–Trinajstić information content (AvgIpc) is 2.45. The molecule has 0 bridgehead atoms. The van der Waals surface area contributed by atoms with Crippen molar-refractivity contribution < 1.29 is 13.2 Å². The lowest BCUT2D eigenvalue weighted by Crippen LogP contribution is -2.17. The van der Waals surface area contributed by atoms with Crippen LogP contribution >= 0.6 is 11.6 Å². The third-order valence-electron chi connectivity index (χ3n) is 2.86. The van der Waals surface area contributed by atoms with Crippen LogP contribution in [0.5, 0.6) is 0 Å². The second kappa shape index (κ2) is 6.39. The Balaban J connectivity index is 2.27. The number of anilines is 2. The Morgan fingerprint density at radius 3 is 2.45 bits per heavy atom. The van der Waals surface area contributed by atoms with Crippen LogP contribution < -0.4 is 10.2 Å². The maximum Gasteiger partial charge on any atom is 0.433 e. The Bertz CT molecular complexity index is 659. The topological polar surface area (TPSA) is 41.1 Å². The van der Waals surface area contributed by atoms with Gasteiger partial charge < -0.3 is 10.2 Å². The summed E-state index contributed by atoms with van der Waals surface area (Å²) < 4.78 is 38.6. The molecule has 0 amide bonds. The lowest BCUT2D eigenvalue weighted by Gasteiger charge is -2.16. The van der Waals surface area contributed by atoms with Crippen molar-refractivity contribution in [1.82, 2.24) is 9.97 Å². The van der Waals surface area contributed by atoms with Crippen molar-refractivity contribution in [3.05, 3.63) is 46.6 Å². The van der Waals surface area contributed by atoms with Crippen LogP contribution in [-0.4, -0.2) is 24.1 Å². The zero-order valence-electron chi connectivity index (χ0n) is 11.9. The van der Waals surface area contributed by atoms with E-state index in [2.05, 4.69) is 15.3 Å². The van der Waals surface area contributed by atoms with Crippen molar-refractivity contribution in [1.29, 1.82) is 0 Å². The third kappa shape index (κ3) is 4.00. The second-order valence-electron chi connectivity index (χ2n) is 4.77. The van der Waals surface area contributed by atoms with Gasteiger partial charge in [-0.05, 0) is 11.6 Å². The van der Waals surface area contributed by atoms with Gasteiger partial charge in [-0.15, -0.1) is 0 Å². The van der Waals surface area contributed by atoms with E-state index in [1.165, 1.54) is 4.90 Å². The molecular weight excluding hydrogens is 317 g/mol. The largest absolute Gasteiger partial charge is 0.433 e. The number of hydrogen-bond acceptors (Lipinski definition) is 4. The summed E-state index contributed by atoms with van der Waals surface area (Å²) in [6.07, 6.45) is -4.53. The summed E-state index contributed by atoms with van der Waals surface area (Å²) in [6.45, 7) is 0.230. The summed E-state index contributed by atoms with van der Waals surface area (Å²) >= 11 is 6.01. The van der Waals surface area contributed by atoms with Crippen LogP contribution in [0.3, 0.4) is 0 Å². The van der Waals surface area contributed by atoms with Crippen LogP contribution in [0, 0.1) is 0 Å². The Morgan fingerprint density at radius 1 is 1.18 bits per heavy atom. The minimum absolute atomic E-state index is 0.0987. The molecule has 0 fully saturated rings. The van der Waals surface area contributed by atoms with Crippen LogP contribution in [0.25, 0.3) is 0 Å². The van der Waals surface area contributed by atoms with Crippen molar-refractivity contribution in [3.8, 4) is 0 Å². The average molecular weight is 331 g/mol. The zero-order valence-corrected chi connectivity index (χ0v) is 12.7. The summed E-state index contributed by atoms with van der Waals surface area (Å²) in [4.78, 5) is 9.05. The highest BCUT2D eigenvalue weighted by atomic mass is 35.5. The molecule has 0 aliphatic heterocycles. The van der Waals surface area contributed by atoms with Crippen LogP contribution in [0.15, 0.2) is 30.3 Å². The smallest absolute Gasteiger partial charge is 0.363 e. The molecule has 0 unspecified atom stereocenters. The molecule has 0 spiro atoms. The molecule has 1 N–H and O–H groups in total. The molecule has 22 heavy (non-hydrogen) atoms. The number of benzene rings is 1. The van der Waals surface area contributed by atoms with E-state index < -0.39 is 11.9 Å². The SMILES string of the molecule is CN(C)c1cc(C(F)(F)F)nc(NCc2ccccc2Cl)n1. The fourth-order valence-corrected chi connectivity index (χ4v) is 1.91. The number of aromatic nitrogens is 2. The normalized spacial score (nSPS) is 11.4. The lowest BCUT2D eigenvalue weighted by atomic mass is 10.2. The molecule has 0 aliphatic carbocycles. The summed E-state index contributed by atoms with van der Waals surface area (Å²) in [7, 11) is 3.22. The highest BCUT2D eigenvalue weighted by Crippen LogP contribution is 2.30. The molecule has 0 radical (unpaired) electrons. The molecular formula is C14H14ClF3N4. The highest BCUT2D eigenvalue weighted by molar-refractivity contribution is 6.31. The number of nitrogens with one attached hydrogen (secondary N) is 1. The molecule has 0 atom stereocenters. The maximum absolute atomic E-state index is 12.9. The summed E-state index contributed by atoms with van der Waals surface area (Å²) in [5, 5.41) is 3.30. The van der Waals surface area contributed by atoms with Crippen molar-refractivity contribution in [2.24, 2.45) is 0 Å². The fraction of sp³-hybridized carbons (Fsp3) is 0.286. The molecule has 1 heterocycles. The van der Waals surface area contributed by atoms with Crippen molar-refractivity contribution in [2.45, 2.75) is 12.7 Å². The van der Waals surface area contributed by atoms with E-state index in [9.17, 15) is 13.2 Å². The fourth-order valence-electron chi connectivity index (χ4n) is 1.70. The maximum atomic E-state index is 12.9. The second-order valence-corrected chi connectivity index (χ2v) is 5.18. The molecule has 2 aromatic rings. The lowest BCUT2D eigenvalue weighted by molar-refractivity contribution is -0.141. The first-order valence-corrected chi connectivity index (χ1v) is 6.76. The standard InChI is InChI=1S/C14H14ClF3N4/c1-22(2)12-7-11(14(16,17)18)20-13(21-12)19-8-9-5-3-4-6-10(9)15/h3-7H,8H2,1-2H3,(H,19,20,21). The first-order chi connectivity index (χ1) is 10.3. The summed E-state index contributed by atoms with van der Waals surface area (Å²) in [5.74, 6) is 0.0717.